The summed E-state index contributed by atoms with van der Waals surface area (Å²) in [5.41, 5.74) is 4.94. The normalized spacial score (nSPS) is 13.2. The molecule has 0 heterocycles. The third kappa shape index (κ3) is 3.66. The van der Waals surface area contributed by atoms with Crippen molar-refractivity contribution in [3.05, 3.63) is 4.91 Å². The minimum atomic E-state index is -0.859. The SMILES string of the molecule is NC(COCO)N=O. The van der Waals surface area contributed by atoms with Crippen LogP contribution in [-0.2, 0) is 4.74 Å². The fourth-order valence-electron chi connectivity index (χ4n) is 0.204. The number of ether oxygens (including phenoxy) is 1. The number of hydrogen-bond acceptors (Lipinski definition) is 5. The second kappa shape index (κ2) is 4.63. The first-order valence-electron chi connectivity index (χ1n) is 2.08. The molecule has 0 saturated carbocycles. The number of nitroso groups, excluding NO2 is 1. The summed E-state index contributed by atoms with van der Waals surface area (Å²) < 4.78 is 4.32. The van der Waals surface area contributed by atoms with Gasteiger partial charge in [-0.15, -0.1) is 4.91 Å². The standard InChI is InChI=1S/C3H8N2O3/c4-3(5-7)1-8-2-6/h3,6H,1-2,4H2. The molecule has 0 aliphatic rings. The zero-order valence-electron chi connectivity index (χ0n) is 4.28. The van der Waals surface area contributed by atoms with Gasteiger partial charge in [0, 0.05) is 0 Å². The molecule has 5 heteroatoms. The molecule has 0 aromatic heterocycles. The second-order valence-electron chi connectivity index (χ2n) is 1.17. The van der Waals surface area contributed by atoms with E-state index in [0.29, 0.717) is 0 Å². The summed E-state index contributed by atoms with van der Waals surface area (Å²) >= 11 is 0. The number of nitrogens with two attached hydrogens (primary N) is 1. The number of nitrogens with zero attached hydrogens (tertiary/aromatic N) is 1. The first-order chi connectivity index (χ1) is 3.81. The van der Waals surface area contributed by atoms with Gasteiger partial charge < -0.3 is 15.6 Å². The Morgan fingerprint density at radius 3 is 2.88 bits per heavy atom. The molecule has 0 amide bonds. The quantitative estimate of drug-likeness (QED) is 0.368. The maximum Gasteiger partial charge on any atom is 0.163 e. The topological polar surface area (TPSA) is 84.9 Å². The van der Waals surface area contributed by atoms with Crippen molar-refractivity contribution in [2.24, 2.45) is 10.9 Å². The minimum absolute atomic E-state index is 0.0278. The average molecular weight is 120 g/mol. The molecule has 8 heavy (non-hydrogen) atoms. The van der Waals surface area contributed by atoms with Crippen molar-refractivity contribution in [3.8, 4) is 0 Å². The largest absolute Gasteiger partial charge is 0.371 e. The lowest BCUT2D eigenvalue weighted by molar-refractivity contribution is -0.00646. The third-order valence-corrected chi connectivity index (χ3v) is 0.515. The van der Waals surface area contributed by atoms with Crippen molar-refractivity contribution in [1.82, 2.24) is 0 Å². The zero-order chi connectivity index (χ0) is 6.41. The molecule has 0 aromatic rings. The number of aliphatic hydroxyl groups is 1. The summed E-state index contributed by atoms with van der Waals surface area (Å²) in [6, 6.07) is 0. The summed E-state index contributed by atoms with van der Waals surface area (Å²) in [6.45, 7) is -0.455. The highest BCUT2D eigenvalue weighted by Crippen LogP contribution is 1.79. The Morgan fingerprint density at radius 2 is 2.50 bits per heavy atom. The van der Waals surface area contributed by atoms with Crippen molar-refractivity contribution in [1.29, 1.82) is 0 Å². The van der Waals surface area contributed by atoms with Crippen LogP contribution in [0.4, 0.5) is 0 Å². The van der Waals surface area contributed by atoms with Crippen LogP contribution < -0.4 is 5.73 Å². The summed E-state index contributed by atoms with van der Waals surface area (Å²) in [5, 5.41) is 10.4. The fourth-order valence-corrected chi connectivity index (χ4v) is 0.204. The van der Waals surface area contributed by atoms with Gasteiger partial charge in [-0.1, -0.05) is 0 Å². The average Bonchev–Trinajstić information content (AvgIpc) is 1.83. The predicted molar refractivity (Wildman–Crippen MR) is 26.8 cm³/mol. The van der Waals surface area contributed by atoms with E-state index >= 15 is 0 Å². The second-order valence-corrected chi connectivity index (χ2v) is 1.17. The van der Waals surface area contributed by atoms with Gasteiger partial charge in [-0.25, -0.2) is 0 Å². The highest BCUT2D eigenvalue weighted by atomic mass is 16.6. The molecule has 0 aliphatic carbocycles. The summed E-state index contributed by atoms with van der Waals surface area (Å²) in [4.78, 5) is 9.47. The van der Waals surface area contributed by atoms with Crippen molar-refractivity contribution >= 4 is 0 Å². The van der Waals surface area contributed by atoms with Gasteiger partial charge in [-0.05, 0) is 5.18 Å². The molecule has 0 saturated heterocycles. The van der Waals surface area contributed by atoms with Gasteiger partial charge in [0.25, 0.3) is 0 Å². The van der Waals surface area contributed by atoms with Crippen LogP contribution >= 0.6 is 0 Å². The van der Waals surface area contributed by atoms with Gasteiger partial charge in [-0.2, -0.15) is 0 Å². The van der Waals surface area contributed by atoms with Crippen LogP contribution in [-0.4, -0.2) is 24.7 Å². The molecule has 5 nitrogen and oxygen atoms in total. The molecule has 48 valence electrons. The van der Waals surface area contributed by atoms with Crippen LogP contribution in [0.1, 0.15) is 0 Å². The van der Waals surface area contributed by atoms with Crippen LogP contribution in [0.15, 0.2) is 5.18 Å². The van der Waals surface area contributed by atoms with Gasteiger partial charge in [0.15, 0.2) is 6.17 Å². The Bertz CT molecular complexity index is 67.5. The monoisotopic (exact) mass is 120 g/mol. The van der Waals surface area contributed by atoms with E-state index < -0.39 is 13.0 Å². The molecule has 0 spiro atoms. The maximum atomic E-state index is 9.47. The zero-order valence-corrected chi connectivity index (χ0v) is 4.28. The van der Waals surface area contributed by atoms with Crippen molar-refractivity contribution in [3.63, 3.8) is 0 Å². The van der Waals surface area contributed by atoms with Crippen LogP contribution in [0.5, 0.6) is 0 Å². The van der Waals surface area contributed by atoms with Crippen molar-refractivity contribution < 1.29 is 9.84 Å². The van der Waals surface area contributed by atoms with Crippen LogP contribution in [0.25, 0.3) is 0 Å². The molecule has 0 aliphatic heterocycles. The van der Waals surface area contributed by atoms with E-state index in [2.05, 4.69) is 9.91 Å². The van der Waals surface area contributed by atoms with E-state index in [9.17, 15) is 4.91 Å². The Kier molecular flexibility index (Phi) is 4.33. The molecule has 0 aromatic carbocycles. The van der Waals surface area contributed by atoms with Crippen molar-refractivity contribution in [2.75, 3.05) is 13.4 Å². The van der Waals surface area contributed by atoms with E-state index in [1.807, 2.05) is 0 Å². The van der Waals surface area contributed by atoms with E-state index in [-0.39, 0.29) is 6.61 Å². The van der Waals surface area contributed by atoms with Gasteiger partial charge in [0.05, 0.1) is 6.61 Å². The summed E-state index contributed by atoms with van der Waals surface area (Å²) in [7, 11) is 0. The summed E-state index contributed by atoms with van der Waals surface area (Å²) in [5.74, 6) is 0. The first-order valence-corrected chi connectivity index (χ1v) is 2.08. The van der Waals surface area contributed by atoms with Gasteiger partial charge in [0.2, 0.25) is 0 Å². The molecule has 0 fully saturated rings. The molecule has 3 N–H and O–H groups in total. The smallest absolute Gasteiger partial charge is 0.163 e. The minimum Gasteiger partial charge on any atom is -0.371 e. The first kappa shape index (κ1) is 7.48. The van der Waals surface area contributed by atoms with Crippen LogP contribution in [0, 0.1) is 4.91 Å². The molecule has 0 rings (SSSR count). The lowest BCUT2D eigenvalue weighted by Gasteiger charge is -1.99. The number of aliphatic hydroxyl groups excluding tert-OH is 1. The van der Waals surface area contributed by atoms with E-state index in [4.69, 9.17) is 10.8 Å². The van der Waals surface area contributed by atoms with E-state index in [1.165, 1.54) is 0 Å². The Labute approximate surface area is 46.4 Å². The predicted octanol–water partition coefficient (Wildman–Crippen LogP) is -0.996. The Hall–Kier alpha value is -0.520. The Balaban J connectivity index is 2.98. The number of rotatable bonds is 4. The summed E-state index contributed by atoms with van der Waals surface area (Å²) in [6.07, 6.45) is -0.859. The van der Waals surface area contributed by atoms with E-state index in [0.717, 1.165) is 0 Å². The van der Waals surface area contributed by atoms with Gasteiger partial charge in [-0.3, -0.25) is 0 Å². The third-order valence-electron chi connectivity index (χ3n) is 0.515. The lowest BCUT2D eigenvalue weighted by atomic mass is 10.6. The lowest BCUT2D eigenvalue weighted by Crippen LogP contribution is -2.23. The molecule has 0 radical (unpaired) electrons. The highest BCUT2D eigenvalue weighted by Gasteiger charge is 1.97. The molecule has 0 bridgehead atoms. The highest BCUT2D eigenvalue weighted by molar-refractivity contribution is 4.51. The van der Waals surface area contributed by atoms with Gasteiger partial charge in [0.1, 0.15) is 6.79 Å². The van der Waals surface area contributed by atoms with Crippen LogP contribution in [0.3, 0.4) is 0 Å². The number of hydrogen-bond donors (Lipinski definition) is 2. The Morgan fingerprint density at radius 1 is 1.88 bits per heavy atom. The van der Waals surface area contributed by atoms with Crippen LogP contribution in [0.2, 0.25) is 0 Å². The molecular weight excluding hydrogens is 112 g/mol. The van der Waals surface area contributed by atoms with E-state index in [1.54, 1.807) is 0 Å². The maximum absolute atomic E-state index is 9.47. The molecular formula is C3H8N2O3. The fraction of sp³-hybridized carbons (Fsp3) is 1.00. The molecule has 1 unspecified atom stereocenters. The van der Waals surface area contributed by atoms with Gasteiger partial charge >= 0.3 is 0 Å². The molecule has 1 atom stereocenters. The van der Waals surface area contributed by atoms with Crippen molar-refractivity contribution in [2.45, 2.75) is 6.17 Å².